The summed E-state index contributed by atoms with van der Waals surface area (Å²) in [5.74, 6) is 0.549. The molecule has 0 aliphatic heterocycles. The van der Waals surface area contributed by atoms with Gasteiger partial charge in [0.05, 0.1) is 25.9 Å². The molecule has 23 heavy (non-hydrogen) atoms. The molecular weight excluding hydrogens is 302 g/mol. The lowest BCUT2D eigenvalue weighted by Crippen LogP contribution is -2.54. The molecule has 0 bridgehead atoms. The molecule has 0 aromatic heterocycles. The molecule has 7 nitrogen and oxygen atoms in total. The maximum absolute atomic E-state index is 10.3. The van der Waals surface area contributed by atoms with Gasteiger partial charge >= 0.3 is 0 Å². The average Bonchev–Trinajstić information content (AvgIpc) is 2.58. The molecule has 1 aliphatic carbocycles. The van der Waals surface area contributed by atoms with Crippen LogP contribution in [-0.2, 0) is 0 Å². The molecule has 0 spiro atoms. The van der Waals surface area contributed by atoms with E-state index in [2.05, 4.69) is 5.32 Å². The highest BCUT2D eigenvalue weighted by molar-refractivity contribution is 5.35. The number of para-hydroxylation sites is 1. The lowest BCUT2D eigenvalue weighted by atomic mass is 9.88. The van der Waals surface area contributed by atoms with Gasteiger partial charge in [-0.3, -0.25) is 0 Å². The summed E-state index contributed by atoms with van der Waals surface area (Å²) in [6.07, 6.45) is -3.36. The summed E-state index contributed by atoms with van der Waals surface area (Å²) in [6.45, 7) is -0.321. The zero-order chi connectivity index (χ0) is 17.0. The number of methoxy groups -OCH3 is 1. The van der Waals surface area contributed by atoms with Gasteiger partial charge in [0.15, 0.2) is 0 Å². The zero-order valence-corrected chi connectivity index (χ0v) is 12.8. The fraction of sp³-hybridized carbons (Fsp3) is 0.500. The smallest absolute Gasteiger partial charge is 0.124 e. The summed E-state index contributed by atoms with van der Waals surface area (Å²) in [5.41, 5.74) is 0.826. The quantitative estimate of drug-likeness (QED) is 0.360. The third-order valence-electron chi connectivity index (χ3n) is 4.04. The number of hydrogen-bond donors (Lipinski definition) is 6. The second-order valence-corrected chi connectivity index (χ2v) is 5.52. The first-order valence-corrected chi connectivity index (χ1v) is 7.39. The van der Waals surface area contributed by atoms with Gasteiger partial charge < -0.3 is 35.6 Å². The molecule has 5 atom stereocenters. The van der Waals surface area contributed by atoms with E-state index in [-0.39, 0.29) is 12.1 Å². The second kappa shape index (κ2) is 7.87. The number of rotatable bonds is 6. The Morgan fingerprint density at radius 1 is 1.17 bits per heavy atom. The van der Waals surface area contributed by atoms with E-state index in [4.69, 9.17) is 4.74 Å². The van der Waals surface area contributed by atoms with Crippen molar-refractivity contribution in [3.8, 4) is 5.75 Å². The minimum absolute atomic E-state index is 0.0973. The third kappa shape index (κ3) is 3.89. The van der Waals surface area contributed by atoms with E-state index in [0.29, 0.717) is 11.3 Å². The summed E-state index contributed by atoms with van der Waals surface area (Å²) in [5, 5.41) is 51.9. The first kappa shape index (κ1) is 17.9. The van der Waals surface area contributed by atoms with Crippen LogP contribution in [0.1, 0.15) is 11.7 Å². The molecule has 0 amide bonds. The highest BCUT2D eigenvalue weighted by Crippen LogP contribution is 2.25. The Morgan fingerprint density at radius 3 is 2.52 bits per heavy atom. The zero-order valence-electron chi connectivity index (χ0n) is 12.8. The van der Waals surface area contributed by atoms with Gasteiger partial charge in [-0.25, -0.2) is 0 Å². The summed E-state index contributed by atoms with van der Waals surface area (Å²) in [4.78, 5) is 0. The normalized spacial score (nSPS) is 29.0. The van der Waals surface area contributed by atoms with E-state index in [0.717, 1.165) is 0 Å². The molecule has 0 fully saturated rings. The molecule has 0 heterocycles. The molecule has 128 valence electrons. The number of benzene rings is 1. The number of aliphatic hydroxyl groups is 5. The van der Waals surface area contributed by atoms with E-state index in [9.17, 15) is 25.5 Å². The monoisotopic (exact) mass is 325 g/mol. The van der Waals surface area contributed by atoms with Crippen molar-refractivity contribution in [2.75, 3.05) is 20.3 Å². The maximum Gasteiger partial charge on any atom is 0.124 e. The molecule has 7 heteroatoms. The highest BCUT2D eigenvalue weighted by Gasteiger charge is 2.37. The molecule has 0 radical (unpaired) electrons. The van der Waals surface area contributed by atoms with Gasteiger partial charge in [-0.05, 0) is 11.6 Å². The van der Waals surface area contributed by atoms with Gasteiger partial charge in [-0.1, -0.05) is 24.3 Å². The van der Waals surface area contributed by atoms with Crippen LogP contribution in [0.25, 0.3) is 0 Å². The predicted octanol–water partition coefficient (Wildman–Crippen LogP) is -1.30. The maximum atomic E-state index is 10.3. The van der Waals surface area contributed by atoms with E-state index in [1.807, 2.05) is 0 Å². The largest absolute Gasteiger partial charge is 0.496 e. The molecule has 1 aromatic rings. The van der Waals surface area contributed by atoms with Crippen LogP contribution in [0.4, 0.5) is 0 Å². The van der Waals surface area contributed by atoms with Gasteiger partial charge in [0.2, 0.25) is 0 Å². The Bertz CT molecular complexity index is 549. The van der Waals surface area contributed by atoms with Crippen molar-refractivity contribution in [1.82, 2.24) is 5.32 Å². The number of ether oxygens (including phenoxy) is 1. The Kier molecular flexibility index (Phi) is 6.11. The standard InChI is InChI=1S/C16H23NO6/c1-23-13-5-3-2-4-10(13)12(19)7-17-11-6-9(8-18)14(20)16(22)15(11)21/h2-6,11-12,14-22H,7-8H2,1H3. The lowest BCUT2D eigenvalue weighted by Gasteiger charge is -2.35. The number of aliphatic hydroxyl groups excluding tert-OH is 5. The lowest BCUT2D eigenvalue weighted by molar-refractivity contribution is -0.0650. The van der Waals surface area contributed by atoms with Crippen LogP contribution in [-0.4, -0.2) is 70.1 Å². The van der Waals surface area contributed by atoms with Crippen LogP contribution in [0.5, 0.6) is 5.75 Å². The first-order valence-electron chi connectivity index (χ1n) is 7.39. The van der Waals surface area contributed by atoms with Crippen molar-refractivity contribution in [3.05, 3.63) is 41.5 Å². The predicted molar refractivity (Wildman–Crippen MR) is 82.9 cm³/mol. The Morgan fingerprint density at radius 2 is 1.87 bits per heavy atom. The Balaban J connectivity index is 2.06. The molecule has 1 aliphatic rings. The van der Waals surface area contributed by atoms with Crippen molar-refractivity contribution >= 4 is 0 Å². The van der Waals surface area contributed by atoms with Gasteiger partial charge in [0, 0.05) is 12.1 Å². The molecule has 0 saturated heterocycles. The fourth-order valence-corrected chi connectivity index (χ4v) is 2.67. The van der Waals surface area contributed by atoms with Gasteiger partial charge in [0.25, 0.3) is 0 Å². The van der Waals surface area contributed by atoms with Crippen molar-refractivity contribution in [2.24, 2.45) is 0 Å². The number of nitrogens with one attached hydrogen (secondary N) is 1. The van der Waals surface area contributed by atoms with E-state index >= 15 is 0 Å². The van der Waals surface area contributed by atoms with Crippen LogP contribution in [0.2, 0.25) is 0 Å². The van der Waals surface area contributed by atoms with Crippen LogP contribution >= 0.6 is 0 Å². The van der Waals surface area contributed by atoms with Crippen molar-refractivity contribution < 1.29 is 30.3 Å². The Hall–Kier alpha value is -1.48. The summed E-state index contributed by atoms with van der Waals surface area (Å²) >= 11 is 0. The first-order chi connectivity index (χ1) is 11.0. The van der Waals surface area contributed by atoms with Crippen LogP contribution in [0.15, 0.2) is 35.9 Å². The van der Waals surface area contributed by atoms with Gasteiger partial charge in [-0.15, -0.1) is 0 Å². The number of hydrogen-bond acceptors (Lipinski definition) is 7. The summed E-state index contributed by atoms with van der Waals surface area (Å²) in [6, 6.07) is 6.34. The fourth-order valence-electron chi connectivity index (χ4n) is 2.67. The molecule has 2 rings (SSSR count). The van der Waals surface area contributed by atoms with Gasteiger partial charge in [0.1, 0.15) is 24.1 Å². The highest BCUT2D eigenvalue weighted by atomic mass is 16.5. The average molecular weight is 325 g/mol. The Labute approximate surface area is 134 Å². The minimum atomic E-state index is -1.40. The summed E-state index contributed by atoms with van der Waals surface area (Å²) < 4.78 is 5.19. The van der Waals surface area contributed by atoms with Crippen molar-refractivity contribution in [1.29, 1.82) is 0 Å². The van der Waals surface area contributed by atoms with Crippen LogP contribution in [0.3, 0.4) is 0 Å². The minimum Gasteiger partial charge on any atom is -0.496 e. The van der Waals surface area contributed by atoms with E-state index in [1.54, 1.807) is 24.3 Å². The SMILES string of the molecule is COc1ccccc1C(O)CNC1C=C(CO)C(O)C(O)C1O. The molecule has 1 aromatic carbocycles. The third-order valence-corrected chi connectivity index (χ3v) is 4.04. The van der Waals surface area contributed by atoms with E-state index in [1.165, 1.54) is 13.2 Å². The van der Waals surface area contributed by atoms with Gasteiger partial charge in [-0.2, -0.15) is 0 Å². The van der Waals surface area contributed by atoms with Crippen molar-refractivity contribution in [2.45, 2.75) is 30.5 Å². The van der Waals surface area contributed by atoms with Crippen LogP contribution in [0, 0.1) is 0 Å². The topological polar surface area (TPSA) is 122 Å². The molecule has 5 unspecified atom stereocenters. The van der Waals surface area contributed by atoms with E-state index < -0.39 is 37.1 Å². The van der Waals surface area contributed by atoms with Crippen molar-refractivity contribution in [3.63, 3.8) is 0 Å². The second-order valence-electron chi connectivity index (χ2n) is 5.52. The molecular formula is C16H23NO6. The van der Waals surface area contributed by atoms with Crippen LogP contribution < -0.4 is 10.1 Å². The molecule has 0 saturated carbocycles. The molecule has 6 N–H and O–H groups in total. The summed E-state index contributed by atoms with van der Waals surface area (Å²) in [7, 11) is 1.51.